The van der Waals surface area contributed by atoms with Gasteiger partial charge in [-0.25, -0.2) is 4.98 Å². The molecule has 0 amide bonds. The van der Waals surface area contributed by atoms with Crippen LogP contribution in [0.15, 0.2) is 36.4 Å². The largest absolute Gasteiger partial charge is 0.326 e. The number of nitrogens with two attached hydrogens (primary N) is 1. The molecule has 0 aliphatic heterocycles. The third-order valence-corrected chi connectivity index (χ3v) is 3.97. The van der Waals surface area contributed by atoms with E-state index in [4.69, 9.17) is 10.7 Å². The van der Waals surface area contributed by atoms with Crippen LogP contribution >= 0.6 is 0 Å². The van der Waals surface area contributed by atoms with Crippen LogP contribution in [-0.4, -0.2) is 11.5 Å². The van der Waals surface area contributed by atoms with E-state index in [0.29, 0.717) is 6.54 Å². The van der Waals surface area contributed by atoms with Crippen LogP contribution in [0.1, 0.15) is 30.2 Å². The van der Waals surface area contributed by atoms with E-state index in [1.54, 1.807) is 0 Å². The number of aromatic nitrogens is 1. The molecule has 3 heteroatoms. The van der Waals surface area contributed by atoms with Crippen molar-refractivity contribution in [3.8, 4) is 0 Å². The Hall–Kier alpha value is -1.87. The van der Waals surface area contributed by atoms with Gasteiger partial charge in [-0.1, -0.05) is 18.2 Å². The lowest BCUT2D eigenvalue weighted by Gasteiger charge is -2.25. The summed E-state index contributed by atoms with van der Waals surface area (Å²) in [5.74, 6) is 1.03. The predicted molar refractivity (Wildman–Crippen MR) is 83.3 cm³/mol. The maximum absolute atomic E-state index is 5.95. The Labute approximate surface area is 120 Å². The first-order valence-corrected chi connectivity index (χ1v) is 7.37. The van der Waals surface area contributed by atoms with Crippen LogP contribution in [0.5, 0.6) is 0 Å². The standard InChI is InChI=1S/C17H21N3/c1-2-20(15-8-4-3-5-9-15)17-14(12-18)11-13-7-6-10-16(13)19-17/h3-5,8-9,11H,2,6-7,10,12,18H2,1H3. The first kappa shape index (κ1) is 13.1. The summed E-state index contributed by atoms with van der Waals surface area (Å²) in [5.41, 5.74) is 10.9. The molecule has 1 aliphatic rings. The minimum Gasteiger partial charge on any atom is -0.326 e. The van der Waals surface area contributed by atoms with Crippen LogP contribution in [0.25, 0.3) is 0 Å². The number of benzene rings is 1. The second-order valence-corrected chi connectivity index (χ2v) is 5.21. The number of anilines is 2. The van der Waals surface area contributed by atoms with Crippen molar-refractivity contribution >= 4 is 11.5 Å². The summed E-state index contributed by atoms with van der Waals surface area (Å²) in [7, 11) is 0. The van der Waals surface area contributed by atoms with Crippen LogP contribution in [0.3, 0.4) is 0 Å². The monoisotopic (exact) mass is 267 g/mol. The van der Waals surface area contributed by atoms with Crippen LogP contribution in [0.2, 0.25) is 0 Å². The number of hydrogen-bond donors (Lipinski definition) is 1. The minimum absolute atomic E-state index is 0.541. The smallest absolute Gasteiger partial charge is 0.137 e. The van der Waals surface area contributed by atoms with E-state index in [1.807, 2.05) is 6.07 Å². The van der Waals surface area contributed by atoms with E-state index in [9.17, 15) is 0 Å². The molecule has 2 aromatic rings. The van der Waals surface area contributed by atoms with Gasteiger partial charge in [0.05, 0.1) is 0 Å². The van der Waals surface area contributed by atoms with Crippen LogP contribution in [0, 0.1) is 0 Å². The number of pyridine rings is 1. The second-order valence-electron chi connectivity index (χ2n) is 5.21. The average Bonchev–Trinajstić information content (AvgIpc) is 2.95. The van der Waals surface area contributed by atoms with Crippen molar-refractivity contribution < 1.29 is 0 Å². The van der Waals surface area contributed by atoms with Crippen molar-refractivity contribution in [2.24, 2.45) is 5.73 Å². The molecule has 3 rings (SSSR count). The third-order valence-electron chi connectivity index (χ3n) is 3.97. The number of para-hydroxylation sites is 1. The highest BCUT2D eigenvalue weighted by Crippen LogP contribution is 2.31. The summed E-state index contributed by atoms with van der Waals surface area (Å²) in [6, 6.07) is 12.7. The van der Waals surface area contributed by atoms with Gasteiger partial charge in [-0.05, 0) is 49.9 Å². The zero-order valence-electron chi connectivity index (χ0n) is 12.0. The summed E-state index contributed by atoms with van der Waals surface area (Å²) in [4.78, 5) is 7.17. The van der Waals surface area contributed by atoms with Crippen molar-refractivity contribution in [1.29, 1.82) is 0 Å². The zero-order chi connectivity index (χ0) is 13.9. The number of nitrogens with zero attached hydrogens (tertiary/aromatic N) is 2. The van der Waals surface area contributed by atoms with E-state index in [0.717, 1.165) is 30.8 Å². The molecule has 104 valence electrons. The normalized spacial score (nSPS) is 13.3. The summed E-state index contributed by atoms with van der Waals surface area (Å²) >= 11 is 0. The first-order valence-electron chi connectivity index (χ1n) is 7.37. The maximum Gasteiger partial charge on any atom is 0.137 e. The fraction of sp³-hybridized carbons (Fsp3) is 0.353. The molecule has 0 unspecified atom stereocenters. The Morgan fingerprint density at radius 3 is 2.70 bits per heavy atom. The van der Waals surface area contributed by atoms with Gasteiger partial charge in [0, 0.05) is 30.0 Å². The molecule has 20 heavy (non-hydrogen) atoms. The van der Waals surface area contributed by atoms with Crippen molar-refractivity contribution in [3.63, 3.8) is 0 Å². The van der Waals surface area contributed by atoms with Crippen molar-refractivity contribution in [3.05, 3.63) is 53.2 Å². The molecule has 1 heterocycles. The van der Waals surface area contributed by atoms with Gasteiger partial charge in [0.1, 0.15) is 5.82 Å². The second kappa shape index (κ2) is 5.63. The molecule has 1 aliphatic carbocycles. The van der Waals surface area contributed by atoms with Gasteiger partial charge in [0.2, 0.25) is 0 Å². The zero-order valence-corrected chi connectivity index (χ0v) is 12.0. The van der Waals surface area contributed by atoms with Gasteiger partial charge in [-0.2, -0.15) is 0 Å². The Bertz CT molecular complexity index is 593. The molecule has 0 saturated carbocycles. The van der Waals surface area contributed by atoms with Gasteiger partial charge in [0.25, 0.3) is 0 Å². The Balaban J connectivity index is 2.07. The lowest BCUT2D eigenvalue weighted by Crippen LogP contribution is -2.21. The van der Waals surface area contributed by atoms with E-state index < -0.39 is 0 Å². The highest BCUT2D eigenvalue weighted by Gasteiger charge is 2.19. The molecule has 1 aromatic carbocycles. The quantitative estimate of drug-likeness (QED) is 0.925. The molecule has 0 radical (unpaired) electrons. The Morgan fingerprint density at radius 1 is 1.20 bits per heavy atom. The lowest BCUT2D eigenvalue weighted by atomic mass is 10.1. The van der Waals surface area contributed by atoms with Crippen molar-refractivity contribution in [2.45, 2.75) is 32.7 Å². The highest BCUT2D eigenvalue weighted by atomic mass is 15.2. The van der Waals surface area contributed by atoms with E-state index in [-0.39, 0.29) is 0 Å². The molecule has 0 spiro atoms. The van der Waals surface area contributed by atoms with E-state index in [2.05, 4.69) is 42.2 Å². The SMILES string of the molecule is CCN(c1ccccc1)c1nc2c(cc1CN)CCC2. The van der Waals surface area contributed by atoms with Gasteiger partial charge in [-0.3, -0.25) is 0 Å². The molecule has 0 atom stereocenters. The third kappa shape index (κ3) is 2.29. The molecule has 0 fully saturated rings. The number of hydrogen-bond acceptors (Lipinski definition) is 3. The molecule has 0 bridgehead atoms. The minimum atomic E-state index is 0.541. The van der Waals surface area contributed by atoms with E-state index in [1.165, 1.54) is 23.4 Å². The van der Waals surface area contributed by atoms with Crippen molar-refractivity contribution in [2.75, 3.05) is 11.4 Å². The molecular weight excluding hydrogens is 246 g/mol. The van der Waals surface area contributed by atoms with Gasteiger partial charge < -0.3 is 10.6 Å². The summed E-state index contributed by atoms with van der Waals surface area (Å²) < 4.78 is 0. The predicted octanol–water partition coefficient (Wildman–Crippen LogP) is 3.19. The molecule has 0 saturated heterocycles. The van der Waals surface area contributed by atoms with Crippen LogP contribution < -0.4 is 10.6 Å². The van der Waals surface area contributed by atoms with Crippen LogP contribution in [-0.2, 0) is 19.4 Å². The molecule has 1 aromatic heterocycles. The average molecular weight is 267 g/mol. The highest BCUT2D eigenvalue weighted by molar-refractivity contribution is 5.63. The first-order chi connectivity index (χ1) is 9.83. The molecular formula is C17H21N3. The topological polar surface area (TPSA) is 42.2 Å². The fourth-order valence-corrected chi connectivity index (χ4v) is 2.96. The fourth-order valence-electron chi connectivity index (χ4n) is 2.96. The Kier molecular flexibility index (Phi) is 3.70. The van der Waals surface area contributed by atoms with Gasteiger partial charge >= 0.3 is 0 Å². The van der Waals surface area contributed by atoms with Crippen molar-refractivity contribution in [1.82, 2.24) is 4.98 Å². The van der Waals surface area contributed by atoms with Crippen LogP contribution in [0.4, 0.5) is 11.5 Å². The summed E-state index contributed by atoms with van der Waals surface area (Å²) in [5, 5.41) is 0. The maximum atomic E-state index is 5.95. The molecule has 3 nitrogen and oxygen atoms in total. The lowest BCUT2D eigenvalue weighted by molar-refractivity contribution is 0.892. The van der Waals surface area contributed by atoms with Gasteiger partial charge in [-0.15, -0.1) is 0 Å². The Morgan fingerprint density at radius 2 is 2.00 bits per heavy atom. The summed E-state index contributed by atoms with van der Waals surface area (Å²) in [6.07, 6.45) is 3.46. The summed E-state index contributed by atoms with van der Waals surface area (Å²) in [6.45, 7) is 3.59. The number of rotatable bonds is 4. The van der Waals surface area contributed by atoms with E-state index >= 15 is 0 Å². The number of aryl methyl sites for hydroxylation is 2. The molecule has 2 N–H and O–H groups in total. The van der Waals surface area contributed by atoms with Gasteiger partial charge in [0.15, 0.2) is 0 Å². The number of fused-ring (bicyclic) bond motifs is 1.